The van der Waals surface area contributed by atoms with Crippen LogP contribution in [0.15, 0.2) is 72.8 Å². The normalized spacial score (nSPS) is 10.8. The summed E-state index contributed by atoms with van der Waals surface area (Å²) in [7, 11) is 0. The van der Waals surface area contributed by atoms with Gasteiger partial charge in [0.15, 0.2) is 0 Å². The van der Waals surface area contributed by atoms with Crippen molar-refractivity contribution in [3.8, 4) is 32.4 Å². The van der Waals surface area contributed by atoms with Gasteiger partial charge in [-0.05, 0) is 24.6 Å². The van der Waals surface area contributed by atoms with Gasteiger partial charge in [-0.15, -0.1) is 11.3 Å². The molecule has 0 unspecified atom stereocenters. The van der Waals surface area contributed by atoms with Gasteiger partial charge in [0.1, 0.15) is 5.82 Å². The number of hydrogen-bond acceptors (Lipinski definition) is 2. The second-order valence-electron chi connectivity index (χ2n) is 5.45. The molecule has 0 fully saturated rings. The van der Waals surface area contributed by atoms with E-state index in [0.717, 1.165) is 27.7 Å². The number of aromatic nitrogens is 2. The Kier molecular flexibility index (Phi) is 3.56. The lowest BCUT2D eigenvalue weighted by Crippen LogP contribution is -1.79. The number of aromatic amines is 1. The van der Waals surface area contributed by atoms with E-state index < -0.39 is 0 Å². The van der Waals surface area contributed by atoms with Crippen LogP contribution in [-0.4, -0.2) is 9.97 Å². The highest BCUT2D eigenvalue weighted by atomic mass is 32.1. The number of imidazole rings is 1. The minimum absolute atomic E-state index is 0.938. The van der Waals surface area contributed by atoms with Crippen molar-refractivity contribution in [2.75, 3.05) is 0 Å². The predicted octanol–water partition coefficient (Wildman–Crippen LogP) is 5.78. The lowest BCUT2D eigenvalue weighted by molar-refractivity contribution is 1.26. The highest BCUT2D eigenvalue weighted by Crippen LogP contribution is 2.34. The number of H-pyrrole nitrogens is 1. The van der Waals surface area contributed by atoms with Crippen molar-refractivity contribution in [2.24, 2.45) is 0 Å². The summed E-state index contributed by atoms with van der Waals surface area (Å²) in [5.41, 5.74) is 4.51. The molecule has 0 bridgehead atoms. The summed E-state index contributed by atoms with van der Waals surface area (Å²) in [6, 6.07) is 25.1. The lowest BCUT2D eigenvalue weighted by atomic mass is 10.1. The van der Waals surface area contributed by atoms with Gasteiger partial charge in [-0.2, -0.15) is 0 Å². The van der Waals surface area contributed by atoms with Gasteiger partial charge < -0.3 is 4.98 Å². The van der Waals surface area contributed by atoms with Gasteiger partial charge in [-0.25, -0.2) is 4.98 Å². The lowest BCUT2D eigenvalue weighted by Gasteiger charge is -1.96. The zero-order valence-electron chi connectivity index (χ0n) is 12.8. The Hall–Kier alpha value is -2.65. The van der Waals surface area contributed by atoms with E-state index in [-0.39, 0.29) is 0 Å². The van der Waals surface area contributed by atoms with Crippen molar-refractivity contribution < 1.29 is 0 Å². The van der Waals surface area contributed by atoms with Crippen LogP contribution in [0.4, 0.5) is 0 Å². The van der Waals surface area contributed by atoms with Crippen molar-refractivity contribution in [3.63, 3.8) is 0 Å². The van der Waals surface area contributed by atoms with Crippen LogP contribution in [0.2, 0.25) is 0 Å². The maximum atomic E-state index is 4.81. The Morgan fingerprint density at radius 2 is 1.35 bits per heavy atom. The van der Waals surface area contributed by atoms with E-state index in [9.17, 15) is 0 Å². The molecule has 2 aromatic heterocycles. The van der Waals surface area contributed by atoms with Crippen LogP contribution in [0.3, 0.4) is 0 Å². The zero-order valence-corrected chi connectivity index (χ0v) is 13.6. The van der Waals surface area contributed by atoms with Gasteiger partial charge in [0.2, 0.25) is 0 Å². The number of nitrogens with one attached hydrogen (secondary N) is 1. The van der Waals surface area contributed by atoms with Gasteiger partial charge in [-0.1, -0.05) is 60.7 Å². The summed E-state index contributed by atoms with van der Waals surface area (Å²) >= 11 is 1.76. The molecule has 2 nitrogen and oxygen atoms in total. The van der Waals surface area contributed by atoms with Crippen LogP contribution >= 0.6 is 11.3 Å². The molecule has 0 radical (unpaired) electrons. The number of nitrogens with zero attached hydrogens (tertiary/aromatic N) is 1. The van der Waals surface area contributed by atoms with E-state index >= 15 is 0 Å². The number of benzene rings is 2. The first-order valence-corrected chi connectivity index (χ1v) is 8.40. The van der Waals surface area contributed by atoms with Crippen molar-refractivity contribution in [2.45, 2.75) is 6.92 Å². The summed E-state index contributed by atoms with van der Waals surface area (Å²) in [4.78, 5) is 10.7. The molecule has 1 N–H and O–H groups in total. The summed E-state index contributed by atoms with van der Waals surface area (Å²) < 4.78 is 0. The Labute approximate surface area is 139 Å². The minimum Gasteiger partial charge on any atom is -0.341 e. The average molecular weight is 316 g/mol. The zero-order chi connectivity index (χ0) is 15.6. The van der Waals surface area contributed by atoms with Gasteiger partial charge in [-0.3, -0.25) is 0 Å². The molecule has 0 aliphatic rings. The maximum Gasteiger partial charge on any atom is 0.148 e. The molecule has 0 saturated heterocycles. The summed E-state index contributed by atoms with van der Waals surface area (Å²) in [5, 5.41) is 0. The quantitative estimate of drug-likeness (QED) is 0.510. The van der Waals surface area contributed by atoms with Gasteiger partial charge in [0.25, 0.3) is 0 Å². The second kappa shape index (κ2) is 5.86. The van der Waals surface area contributed by atoms with E-state index in [0.29, 0.717) is 0 Å². The maximum absolute atomic E-state index is 4.81. The van der Waals surface area contributed by atoms with Crippen LogP contribution in [0, 0.1) is 6.92 Å². The molecule has 23 heavy (non-hydrogen) atoms. The first-order valence-electron chi connectivity index (χ1n) is 7.59. The van der Waals surface area contributed by atoms with Crippen LogP contribution < -0.4 is 0 Å². The smallest absolute Gasteiger partial charge is 0.148 e. The van der Waals surface area contributed by atoms with Crippen molar-refractivity contribution >= 4 is 11.3 Å². The first kappa shape index (κ1) is 14.0. The minimum atomic E-state index is 0.938. The molecule has 3 heteroatoms. The Balaban J connectivity index is 1.71. The standard InChI is InChI=1S/C20H16N2S/c1-14-19(16-10-6-3-7-11-16)22-20(21-14)18-13-12-17(23-18)15-8-4-2-5-9-15/h2-13H,1H3,(H,21,22). The Bertz CT molecular complexity index is 921. The average Bonchev–Trinajstić information content (AvgIpc) is 3.23. The third-order valence-electron chi connectivity index (χ3n) is 3.83. The SMILES string of the molecule is Cc1[nH]c(-c2ccc(-c3ccccc3)s2)nc1-c1ccccc1. The monoisotopic (exact) mass is 316 g/mol. The van der Waals surface area contributed by atoms with Crippen LogP contribution in [0.5, 0.6) is 0 Å². The molecular formula is C20H16N2S. The van der Waals surface area contributed by atoms with Gasteiger partial charge >= 0.3 is 0 Å². The Morgan fingerprint density at radius 1 is 0.739 bits per heavy atom. The van der Waals surface area contributed by atoms with E-state index in [1.54, 1.807) is 11.3 Å². The molecule has 4 rings (SSSR count). The fourth-order valence-corrected chi connectivity index (χ4v) is 3.63. The molecule has 0 amide bonds. The highest BCUT2D eigenvalue weighted by Gasteiger charge is 2.12. The highest BCUT2D eigenvalue weighted by molar-refractivity contribution is 7.18. The van der Waals surface area contributed by atoms with E-state index in [1.807, 2.05) is 24.3 Å². The number of hydrogen-bond donors (Lipinski definition) is 1. The summed E-state index contributed by atoms with van der Waals surface area (Å²) in [6.45, 7) is 2.07. The summed E-state index contributed by atoms with van der Waals surface area (Å²) in [5.74, 6) is 0.938. The molecule has 0 aliphatic heterocycles. The number of rotatable bonds is 3. The second-order valence-corrected chi connectivity index (χ2v) is 6.54. The van der Waals surface area contributed by atoms with Crippen molar-refractivity contribution in [3.05, 3.63) is 78.5 Å². The first-order chi connectivity index (χ1) is 11.3. The van der Waals surface area contributed by atoms with Crippen LogP contribution in [0.1, 0.15) is 5.69 Å². The van der Waals surface area contributed by atoms with Crippen LogP contribution in [-0.2, 0) is 0 Å². The van der Waals surface area contributed by atoms with E-state index in [4.69, 9.17) is 4.98 Å². The molecule has 0 spiro atoms. The molecule has 0 aliphatic carbocycles. The molecule has 2 aromatic carbocycles. The molecular weight excluding hydrogens is 300 g/mol. The van der Waals surface area contributed by atoms with E-state index in [2.05, 4.69) is 60.4 Å². The largest absolute Gasteiger partial charge is 0.341 e. The fourth-order valence-electron chi connectivity index (χ4n) is 2.68. The molecule has 2 heterocycles. The molecule has 112 valence electrons. The summed E-state index contributed by atoms with van der Waals surface area (Å²) in [6.07, 6.45) is 0. The van der Waals surface area contributed by atoms with Crippen molar-refractivity contribution in [1.29, 1.82) is 0 Å². The predicted molar refractivity (Wildman–Crippen MR) is 97.5 cm³/mol. The van der Waals surface area contributed by atoms with Gasteiger partial charge in [0, 0.05) is 16.1 Å². The number of thiophene rings is 1. The van der Waals surface area contributed by atoms with E-state index in [1.165, 1.54) is 10.4 Å². The third-order valence-corrected chi connectivity index (χ3v) is 4.97. The third kappa shape index (κ3) is 2.71. The molecule has 0 saturated carbocycles. The topological polar surface area (TPSA) is 28.7 Å². The van der Waals surface area contributed by atoms with Crippen molar-refractivity contribution in [1.82, 2.24) is 9.97 Å². The Morgan fingerprint density at radius 3 is 2.04 bits per heavy atom. The van der Waals surface area contributed by atoms with Gasteiger partial charge in [0.05, 0.1) is 10.6 Å². The molecule has 0 atom stereocenters. The molecule has 4 aromatic rings. The fraction of sp³-hybridized carbons (Fsp3) is 0.0500. The van der Waals surface area contributed by atoms with Crippen LogP contribution in [0.25, 0.3) is 32.4 Å². The number of aryl methyl sites for hydroxylation is 1.